The third kappa shape index (κ3) is 5.14. The molecule has 0 saturated heterocycles. The number of carbonyl (C=O) groups is 1. The van der Waals surface area contributed by atoms with Crippen molar-refractivity contribution in [2.24, 2.45) is 0 Å². The number of alkyl halides is 3. The maximum Gasteiger partial charge on any atom is 0.416 e. The van der Waals surface area contributed by atoms with Gasteiger partial charge in [-0.2, -0.15) is 13.2 Å². The number of halogens is 3. The largest absolute Gasteiger partial charge is 0.496 e. The molecule has 0 spiro atoms. The van der Waals surface area contributed by atoms with Gasteiger partial charge in [0.15, 0.2) is 0 Å². The molecule has 0 radical (unpaired) electrons. The number of hydrogen-bond acceptors (Lipinski definition) is 2. The highest BCUT2D eigenvalue weighted by Crippen LogP contribution is 2.30. The molecule has 0 fully saturated rings. The maximum atomic E-state index is 12.8. The Morgan fingerprint density at radius 1 is 1.16 bits per heavy atom. The lowest BCUT2D eigenvalue weighted by Crippen LogP contribution is -2.36. The highest BCUT2D eigenvalue weighted by atomic mass is 19.4. The van der Waals surface area contributed by atoms with E-state index >= 15 is 0 Å². The van der Waals surface area contributed by atoms with Crippen LogP contribution in [0.15, 0.2) is 48.5 Å². The lowest BCUT2D eigenvalue weighted by Gasteiger charge is -2.17. The number of urea groups is 1. The van der Waals surface area contributed by atoms with E-state index in [1.807, 2.05) is 18.2 Å². The molecular formula is C18H19F3N2O2. The summed E-state index contributed by atoms with van der Waals surface area (Å²) in [6.07, 6.45) is -4.41. The van der Waals surface area contributed by atoms with Crippen molar-refractivity contribution in [3.05, 3.63) is 65.2 Å². The molecule has 2 N–H and O–H groups in total. The first-order valence-electron chi connectivity index (χ1n) is 7.64. The van der Waals surface area contributed by atoms with Gasteiger partial charge in [-0.1, -0.05) is 30.3 Å². The topological polar surface area (TPSA) is 50.4 Å². The number of nitrogens with one attached hydrogen (secondary N) is 2. The van der Waals surface area contributed by atoms with Crippen LogP contribution in [0.1, 0.15) is 29.7 Å². The van der Waals surface area contributed by atoms with Gasteiger partial charge in [0.2, 0.25) is 0 Å². The molecule has 1 atom stereocenters. The van der Waals surface area contributed by atoms with Gasteiger partial charge in [0.25, 0.3) is 0 Å². The van der Waals surface area contributed by atoms with Gasteiger partial charge in [-0.3, -0.25) is 0 Å². The summed E-state index contributed by atoms with van der Waals surface area (Å²) in [4.78, 5) is 12.0. The van der Waals surface area contributed by atoms with E-state index in [9.17, 15) is 18.0 Å². The second-order valence-corrected chi connectivity index (χ2v) is 5.48. The van der Waals surface area contributed by atoms with Crippen molar-refractivity contribution in [3.63, 3.8) is 0 Å². The van der Waals surface area contributed by atoms with Gasteiger partial charge < -0.3 is 15.4 Å². The summed E-state index contributed by atoms with van der Waals surface area (Å²) in [6.45, 7) is 1.86. The Bertz CT molecular complexity index is 732. The summed E-state index contributed by atoms with van der Waals surface area (Å²) in [5.41, 5.74) is 0.433. The Labute approximate surface area is 144 Å². The molecular weight excluding hydrogens is 333 g/mol. The monoisotopic (exact) mass is 352 g/mol. The standard InChI is InChI=1S/C18H19F3N2O2/c1-12(13-7-5-8-15(10-13)18(19,20)21)23-17(24)22-11-14-6-3-4-9-16(14)25-2/h3-10,12H,11H2,1-2H3,(H2,22,23,24)/t12-/m0/s1. The lowest BCUT2D eigenvalue weighted by molar-refractivity contribution is -0.137. The van der Waals surface area contributed by atoms with Crippen LogP contribution in [-0.4, -0.2) is 13.1 Å². The predicted molar refractivity (Wildman–Crippen MR) is 88.2 cm³/mol. The minimum absolute atomic E-state index is 0.241. The normalized spacial score (nSPS) is 12.4. The summed E-state index contributed by atoms with van der Waals surface area (Å²) < 4.78 is 43.5. The maximum absolute atomic E-state index is 12.8. The van der Waals surface area contributed by atoms with E-state index in [1.165, 1.54) is 13.2 Å². The second-order valence-electron chi connectivity index (χ2n) is 5.48. The molecule has 0 saturated carbocycles. The van der Waals surface area contributed by atoms with E-state index in [1.54, 1.807) is 19.1 Å². The van der Waals surface area contributed by atoms with E-state index < -0.39 is 23.8 Å². The third-order valence-corrected chi connectivity index (χ3v) is 3.69. The van der Waals surface area contributed by atoms with Gasteiger partial charge >= 0.3 is 12.2 Å². The van der Waals surface area contributed by atoms with Gasteiger partial charge in [0, 0.05) is 12.1 Å². The fourth-order valence-corrected chi connectivity index (χ4v) is 2.34. The average molecular weight is 352 g/mol. The molecule has 4 nitrogen and oxygen atoms in total. The molecule has 2 rings (SSSR count). The molecule has 0 heterocycles. The zero-order valence-electron chi connectivity index (χ0n) is 13.9. The fraction of sp³-hybridized carbons (Fsp3) is 0.278. The molecule has 0 aliphatic rings. The van der Waals surface area contributed by atoms with Crippen molar-refractivity contribution in [2.75, 3.05) is 7.11 Å². The first kappa shape index (κ1) is 18.6. The summed E-state index contributed by atoms with van der Waals surface area (Å²) in [5, 5.41) is 5.29. The number of para-hydroxylation sites is 1. The van der Waals surface area contributed by atoms with E-state index in [-0.39, 0.29) is 6.54 Å². The molecule has 0 aliphatic heterocycles. The Morgan fingerprint density at radius 2 is 1.88 bits per heavy atom. The average Bonchev–Trinajstić information content (AvgIpc) is 2.59. The van der Waals surface area contributed by atoms with Gasteiger partial charge in [-0.25, -0.2) is 4.79 Å². The predicted octanol–water partition coefficient (Wildman–Crippen LogP) is 4.27. The molecule has 0 unspecified atom stereocenters. The molecule has 2 aromatic carbocycles. The number of carbonyl (C=O) groups excluding carboxylic acids is 1. The third-order valence-electron chi connectivity index (χ3n) is 3.69. The van der Waals surface area contributed by atoms with Crippen LogP contribution in [-0.2, 0) is 12.7 Å². The highest BCUT2D eigenvalue weighted by Gasteiger charge is 2.30. The van der Waals surface area contributed by atoms with E-state index in [2.05, 4.69) is 10.6 Å². The zero-order valence-corrected chi connectivity index (χ0v) is 13.9. The summed E-state index contributed by atoms with van der Waals surface area (Å²) >= 11 is 0. The number of hydrogen-bond donors (Lipinski definition) is 2. The van der Waals surface area contributed by atoms with Crippen LogP contribution in [0.2, 0.25) is 0 Å². The second kappa shape index (κ2) is 7.92. The van der Waals surface area contributed by atoms with Crippen LogP contribution in [0.25, 0.3) is 0 Å². The number of amides is 2. The van der Waals surface area contributed by atoms with Crippen LogP contribution in [0.3, 0.4) is 0 Å². The minimum Gasteiger partial charge on any atom is -0.496 e. The van der Waals surface area contributed by atoms with Crippen LogP contribution in [0.5, 0.6) is 5.75 Å². The van der Waals surface area contributed by atoms with Crippen molar-refractivity contribution in [2.45, 2.75) is 25.7 Å². The number of rotatable bonds is 5. The first-order valence-corrected chi connectivity index (χ1v) is 7.64. The molecule has 134 valence electrons. The summed E-state index contributed by atoms with van der Waals surface area (Å²) in [5.74, 6) is 0.647. The van der Waals surface area contributed by atoms with Gasteiger partial charge in [0.05, 0.1) is 18.7 Å². The number of methoxy groups -OCH3 is 1. The molecule has 2 amide bonds. The smallest absolute Gasteiger partial charge is 0.416 e. The van der Waals surface area contributed by atoms with Crippen molar-refractivity contribution in [1.82, 2.24) is 10.6 Å². The van der Waals surface area contributed by atoms with Gasteiger partial charge in [-0.05, 0) is 30.7 Å². The highest BCUT2D eigenvalue weighted by molar-refractivity contribution is 5.74. The van der Waals surface area contributed by atoms with Crippen molar-refractivity contribution in [3.8, 4) is 5.75 Å². The van der Waals surface area contributed by atoms with Crippen molar-refractivity contribution in [1.29, 1.82) is 0 Å². The Balaban J connectivity index is 1.96. The van der Waals surface area contributed by atoms with E-state index in [0.717, 1.165) is 17.7 Å². The number of ether oxygens (including phenoxy) is 1. The Morgan fingerprint density at radius 3 is 2.56 bits per heavy atom. The fourth-order valence-electron chi connectivity index (χ4n) is 2.34. The van der Waals surface area contributed by atoms with Crippen LogP contribution in [0, 0.1) is 0 Å². The summed E-state index contributed by atoms with van der Waals surface area (Å²) in [6, 6.07) is 11.1. The SMILES string of the molecule is COc1ccccc1CNC(=O)N[C@@H](C)c1cccc(C(F)(F)F)c1. The minimum atomic E-state index is -4.41. The van der Waals surface area contributed by atoms with Gasteiger partial charge in [0.1, 0.15) is 5.75 Å². The lowest BCUT2D eigenvalue weighted by atomic mass is 10.1. The molecule has 7 heteroatoms. The van der Waals surface area contributed by atoms with Crippen LogP contribution in [0.4, 0.5) is 18.0 Å². The number of benzene rings is 2. The van der Waals surface area contributed by atoms with Crippen molar-refractivity contribution >= 4 is 6.03 Å². The Kier molecular flexibility index (Phi) is 5.90. The van der Waals surface area contributed by atoms with E-state index in [0.29, 0.717) is 11.3 Å². The summed E-state index contributed by atoms with van der Waals surface area (Å²) in [7, 11) is 1.54. The van der Waals surface area contributed by atoms with Crippen LogP contribution >= 0.6 is 0 Å². The van der Waals surface area contributed by atoms with E-state index in [4.69, 9.17) is 4.74 Å². The molecule has 25 heavy (non-hydrogen) atoms. The van der Waals surface area contributed by atoms with Crippen LogP contribution < -0.4 is 15.4 Å². The molecule has 0 aromatic heterocycles. The first-order chi connectivity index (χ1) is 11.8. The Hall–Kier alpha value is -2.70. The quantitative estimate of drug-likeness (QED) is 0.844. The molecule has 0 aliphatic carbocycles. The molecule has 0 bridgehead atoms. The van der Waals surface area contributed by atoms with Gasteiger partial charge in [-0.15, -0.1) is 0 Å². The molecule has 2 aromatic rings. The zero-order chi connectivity index (χ0) is 18.4. The van der Waals surface area contributed by atoms with Crippen molar-refractivity contribution < 1.29 is 22.7 Å².